The summed E-state index contributed by atoms with van der Waals surface area (Å²) in [4.78, 5) is 15.1. The average Bonchev–Trinajstić information content (AvgIpc) is 2.84. The number of ketones is 1. The van der Waals surface area contributed by atoms with E-state index in [1.807, 2.05) is 12.1 Å². The van der Waals surface area contributed by atoms with E-state index in [1.165, 1.54) is 28.8 Å². The summed E-state index contributed by atoms with van der Waals surface area (Å²) in [6, 6.07) is 10.4. The van der Waals surface area contributed by atoms with E-state index < -0.39 is 0 Å². The van der Waals surface area contributed by atoms with Gasteiger partial charge in [-0.25, -0.2) is 4.39 Å². The smallest absolute Gasteiger partial charge is 0.148 e. The van der Waals surface area contributed by atoms with Gasteiger partial charge in [0.2, 0.25) is 0 Å². The van der Waals surface area contributed by atoms with Gasteiger partial charge in [0.1, 0.15) is 11.6 Å². The van der Waals surface area contributed by atoms with E-state index in [0.717, 1.165) is 16.2 Å². The Kier molecular flexibility index (Phi) is 5.16. The summed E-state index contributed by atoms with van der Waals surface area (Å²) in [5.41, 5.74) is 0. The first-order chi connectivity index (χ1) is 9.17. The van der Waals surface area contributed by atoms with E-state index in [2.05, 4.69) is 13.0 Å². The number of hydrogen-bond donors (Lipinski definition) is 0. The molecule has 1 heterocycles. The maximum absolute atomic E-state index is 13.0. The second-order valence-electron chi connectivity index (χ2n) is 4.18. The van der Waals surface area contributed by atoms with Crippen molar-refractivity contribution in [3.05, 3.63) is 52.0 Å². The molecule has 0 saturated heterocycles. The molecule has 0 N–H and O–H groups in total. The number of rotatable bonds is 6. The van der Waals surface area contributed by atoms with Gasteiger partial charge in [0, 0.05) is 21.1 Å². The number of thioether (sulfide) groups is 1. The van der Waals surface area contributed by atoms with E-state index in [0.29, 0.717) is 12.2 Å². The zero-order valence-electron chi connectivity index (χ0n) is 10.7. The molecule has 1 aromatic heterocycles. The highest BCUT2D eigenvalue weighted by molar-refractivity contribution is 8.00. The van der Waals surface area contributed by atoms with Crippen LogP contribution >= 0.6 is 23.1 Å². The number of thiophene rings is 1. The van der Waals surface area contributed by atoms with Crippen LogP contribution < -0.4 is 0 Å². The predicted octanol–water partition coefficient (Wildman–Crippen LogP) is 4.35. The van der Waals surface area contributed by atoms with Gasteiger partial charge in [-0.05, 0) is 36.8 Å². The fourth-order valence-electron chi connectivity index (χ4n) is 1.67. The highest BCUT2D eigenvalue weighted by Crippen LogP contribution is 2.21. The summed E-state index contributed by atoms with van der Waals surface area (Å²) in [7, 11) is 0. The van der Waals surface area contributed by atoms with Crippen LogP contribution in [0.4, 0.5) is 4.39 Å². The van der Waals surface area contributed by atoms with Crippen LogP contribution in [-0.4, -0.2) is 11.5 Å². The predicted molar refractivity (Wildman–Crippen MR) is 79.5 cm³/mol. The molecule has 19 heavy (non-hydrogen) atoms. The van der Waals surface area contributed by atoms with Crippen LogP contribution in [-0.2, 0) is 17.6 Å². The van der Waals surface area contributed by atoms with Gasteiger partial charge in [0.05, 0.1) is 5.75 Å². The van der Waals surface area contributed by atoms with E-state index in [9.17, 15) is 9.18 Å². The van der Waals surface area contributed by atoms with Gasteiger partial charge in [-0.1, -0.05) is 13.0 Å². The Morgan fingerprint density at radius 1 is 1.26 bits per heavy atom. The lowest BCUT2D eigenvalue weighted by Crippen LogP contribution is -2.04. The molecular formula is C15H15FOS2. The Bertz CT molecular complexity index is 563. The Labute approximate surface area is 120 Å². The summed E-state index contributed by atoms with van der Waals surface area (Å²) in [5, 5.41) is 0. The highest BCUT2D eigenvalue weighted by Gasteiger charge is 2.07. The van der Waals surface area contributed by atoms with Gasteiger partial charge < -0.3 is 0 Å². The van der Waals surface area contributed by atoms with Gasteiger partial charge in [0.25, 0.3) is 0 Å². The van der Waals surface area contributed by atoms with E-state index in [1.54, 1.807) is 17.4 Å². The topological polar surface area (TPSA) is 17.1 Å². The van der Waals surface area contributed by atoms with Gasteiger partial charge in [0.15, 0.2) is 0 Å². The van der Waals surface area contributed by atoms with Crippen LogP contribution in [0.2, 0.25) is 0 Å². The molecule has 0 aliphatic heterocycles. The number of carbonyl (C=O) groups is 1. The molecule has 0 atom stereocenters. The molecule has 0 amide bonds. The molecule has 0 aliphatic carbocycles. The molecule has 0 spiro atoms. The molecule has 2 aromatic rings. The fraction of sp³-hybridized carbons (Fsp3) is 0.267. The quantitative estimate of drug-likeness (QED) is 0.737. The normalized spacial score (nSPS) is 10.6. The Morgan fingerprint density at radius 2 is 2.05 bits per heavy atom. The fourth-order valence-corrected chi connectivity index (χ4v) is 3.46. The third-order valence-electron chi connectivity index (χ3n) is 2.63. The SMILES string of the molecule is CCc1ccc(CC(=O)CSc2cccc(F)c2)s1. The summed E-state index contributed by atoms with van der Waals surface area (Å²) < 4.78 is 13.0. The van der Waals surface area contributed by atoms with Crippen molar-refractivity contribution in [3.63, 3.8) is 0 Å². The minimum Gasteiger partial charge on any atom is -0.298 e. The Balaban J connectivity index is 1.84. The lowest BCUT2D eigenvalue weighted by Gasteiger charge is -2.00. The molecule has 0 radical (unpaired) electrons. The third kappa shape index (κ3) is 4.48. The van der Waals surface area contributed by atoms with Crippen molar-refractivity contribution >= 4 is 28.9 Å². The van der Waals surface area contributed by atoms with E-state index >= 15 is 0 Å². The van der Waals surface area contributed by atoms with Crippen molar-refractivity contribution in [2.75, 3.05) is 5.75 Å². The summed E-state index contributed by atoms with van der Waals surface area (Å²) in [6.45, 7) is 2.11. The van der Waals surface area contributed by atoms with Gasteiger partial charge in [-0.2, -0.15) is 0 Å². The average molecular weight is 294 g/mol. The van der Waals surface area contributed by atoms with E-state index in [-0.39, 0.29) is 11.6 Å². The molecule has 0 unspecified atom stereocenters. The zero-order chi connectivity index (χ0) is 13.7. The van der Waals surface area contributed by atoms with Crippen LogP contribution in [0, 0.1) is 5.82 Å². The molecule has 0 saturated carbocycles. The first-order valence-electron chi connectivity index (χ1n) is 6.15. The van der Waals surface area contributed by atoms with Crippen molar-refractivity contribution in [2.45, 2.75) is 24.7 Å². The molecule has 1 aromatic carbocycles. The number of carbonyl (C=O) groups excluding carboxylic acids is 1. The second-order valence-corrected chi connectivity index (χ2v) is 6.48. The summed E-state index contributed by atoms with van der Waals surface area (Å²) >= 11 is 3.08. The molecule has 4 heteroatoms. The standard InChI is InChI=1S/C15H15FOS2/c1-2-13-6-7-15(19-13)9-12(17)10-18-14-5-3-4-11(16)8-14/h3-8H,2,9-10H2,1H3. The third-order valence-corrected chi connectivity index (χ3v) is 4.92. The lowest BCUT2D eigenvalue weighted by molar-refractivity contribution is -0.115. The molecule has 2 rings (SSSR count). The minimum absolute atomic E-state index is 0.179. The van der Waals surface area contributed by atoms with Gasteiger partial charge in [-0.3, -0.25) is 4.79 Å². The summed E-state index contributed by atoms with van der Waals surface area (Å²) in [5.74, 6) is 0.310. The molecule has 100 valence electrons. The van der Waals surface area contributed by atoms with Crippen molar-refractivity contribution in [1.82, 2.24) is 0 Å². The second kappa shape index (κ2) is 6.87. The highest BCUT2D eigenvalue weighted by atomic mass is 32.2. The number of Topliss-reactive ketones (excluding diaryl/α,β-unsaturated/α-hetero) is 1. The van der Waals surface area contributed by atoms with Crippen molar-refractivity contribution in [2.24, 2.45) is 0 Å². The summed E-state index contributed by atoms with van der Waals surface area (Å²) in [6.07, 6.45) is 1.49. The number of hydrogen-bond acceptors (Lipinski definition) is 3. The largest absolute Gasteiger partial charge is 0.298 e. The first-order valence-corrected chi connectivity index (χ1v) is 7.95. The van der Waals surface area contributed by atoms with Crippen LogP contribution in [0.1, 0.15) is 16.7 Å². The number of aryl methyl sites for hydroxylation is 1. The molecular weight excluding hydrogens is 279 g/mol. The van der Waals surface area contributed by atoms with Crippen molar-refractivity contribution < 1.29 is 9.18 Å². The van der Waals surface area contributed by atoms with Crippen LogP contribution in [0.3, 0.4) is 0 Å². The minimum atomic E-state index is -0.261. The van der Waals surface area contributed by atoms with Crippen molar-refractivity contribution in [3.8, 4) is 0 Å². The Morgan fingerprint density at radius 3 is 2.74 bits per heavy atom. The lowest BCUT2D eigenvalue weighted by atomic mass is 10.2. The monoisotopic (exact) mass is 294 g/mol. The number of halogens is 1. The van der Waals surface area contributed by atoms with Crippen LogP contribution in [0.25, 0.3) is 0 Å². The molecule has 0 fully saturated rings. The van der Waals surface area contributed by atoms with Crippen LogP contribution in [0.5, 0.6) is 0 Å². The number of benzene rings is 1. The van der Waals surface area contributed by atoms with Gasteiger partial charge in [-0.15, -0.1) is 23.1 Å². The zero-order valence-corrected chi connectivity index (χ0v) is 12.3. The molecule has 0 bridgehead atoms. The Hall–Kier alpha value is -1.13. The maximum Gasteiger partial charge on any atom is 0.148 e. The first kappa shape index (κ1) is 14.3. The molecule has 0 aliphatic rings. The van der Waals surface area contributed by atoms with Gasteiger partial charge >= 0.3 is 0 Å². The maximum atomic E-state index is 13.0. The van der Waals surface area contributed by atoms with E-state index in [4.69, 9.17) is 0 Å². The van der Waals surface area contributed by atoms with Crippen molar-refractivity contribution in [1.29, 1.82) is 0 Å². The molecule has 1 nitrogen and oxygen atoms in total. The van der Waals surface area contributed by atoms with Crippen LogP contribution in [0.15, 0.2) is 41.3 Å².